The molecule has 6 nitrogen and oxygen atoms in total. The number of ether oxygens (including phenoxy) is 3. The molecule has 0 saturated carbocycles. The number of benzene rings is 1. The summed E-state index contributed by atoms with van der Waals surface area (Å²) in [5.41, 5.74) is 5.83. The van der Waals surface area contributed by atoms with Gasteiger partial charge >= 0.3 is 12.3 Å². The Morgan fingerprint density at radius 2 is 2.00 bits per heavy atom. The number of alkyl halides is 3. The second-order valence-electron chi connectivity index (χ2n) is 4.13. The maximum Gasteiger partial charge on any atom is 0.573 e. The van der Waals surface area contributed by atoms with Crippen molar-refractivity contribution in [2.24, 2.45) is 0 Å². The third-order valence-electron chi connectivity index (χ3n) is 2.56. The molecule has 0 radical (unpaired) electrons. The third kappa shape index (κ3) is 4.29. The monoisotopic (exact) mass is 318 g/mol. The maximum atomic E-state index is 12.1. The Morgan fingerprint density at radius 3 is 2.59 bits per heavy atom. The van der Waals surface area contributed by atoms with Gasteiger partial charge in [0.25, 0.3) is 0 Å². The first-order valence-corrected chi connectivity index (χ1v) is 6.30. The zero-order chi connectivity index (χ0) is 16.2. The number of hydrazine groups is 1. The Kier molecular flexibility index (Phi) is 4.76. The van der Waals surface area contributed by atoms with Crippen LogP contribution >= 0.6 is 0 Å². The predicted molar refractivity (Wildman–Crippen MR) is 67.9 cm³/mol. The molecule has 0 bridgehead atoms. The van der Waals surface area contributed by atoms with Crippen molar-refractivity contribution in [2.45, 2.75) is 19.5 Å². The van der Waals surface area contributed by atoms with Gasteiger partial charge in [0.1, 0.15) is 5.75 Å². The van der Waals surface area contributed by atoms with E-state index in [1.807, 2.05) is 0 Å². The zero-order valence-electron chi connectivity index (χ0n) is 11.4. The fraction of sp³-hybridized carbons (Fsp3) is 0.308. The minimum Gasteiger partial charge on any atom is -0.460 e. The molecule has 1 unspecified atom stereocenters. The standard InChI is InChI=1S/C13H13F3N2O4/c1-2-20-12(19)10-7-17-18-11(21-10)8-3-5-9(6-4-8)22-13(14,15)16/h3-7,11,17-18H,2H2,1H3. The summed E-state index contributed by atoms with van der Waals surface area (Å²) >= 11 is 0. The van der Waals surface area contributed by atoms with Crippen LogP contribution in [0.5, 0.6) is 5.75 Å². The van der Waals surface area contributed by atoms with Crippen LogP contribution in [0.3, 0.4) is 0 Å². The van der Waals surface area contributed by atoms with Gasteiger partial charge in [0.2, 0.25) is 5.76 Å². The highest BCUT2D eigenvalue weighted by atomic mass is 19.4. The van der Waals surface area contributed by atoms with E-state index < -0.39 is 18.6 Å². The summed E-state index contributed by atoms with van der Waals surface area (Å²) < 4.78 is 50.2. The number of hydrogen-bond donors (Lipinski definition) is 2. The van der Waals surface area contributed by atoms with Crippen molar-refractivity contribution < 1.29 is 32.2 Å². The van der Waals surface area contributed by atoms with Crippen LogP contribution in [-0.4, -0.2) is 18.9 Å². The highest BCUT2D eigenvalue weighted by Gasteiger charge is 2.31. The molecule has 0 fully saturated rings. The van der Waals surface area contributed by atoms with Gasteiger partial charge < -0.3 is 19.6 Å². The quantitative estimate of drug-likeness (QED) is 0.829. The molecule has 1 heterocycles. The molecule has 120 valence electrons. The van der Waals surface area contributed by atoms with Crippen molar-refractivity contribution in [2.75, 3.05) is 6.61 Å². The van der Waals surface area contributed by atoms with E-state index in [-0.39, 0.29) is 18.1 Å². The van der Waals surface area contributed by atoms with Gasteiger partial charge in [-0.1, -0.05) is 12.1 Å². The molecule has 0 saturated heterocycles. The van der Waals surface area contributed by atoms with Gasteiger partial charge in [0.05, 0.1) is 12.8 Å². The van der Waals surface area contributed by atoms with Crippen LogP contribution < -0.4 is 15.6 Å². The van der Waals surface area contributed by atoms with Gasteiger partial charge in [0.15, 0.2) is 6.23 Å². The Balaban J connectivity index is 2.03. The molecule has 1 atom stereocenters. The fourth-order valence-corrected chi connectivity index (χ4v) is 1.68. The lowest BCUT2D eigenvalue weighted by Gasteiger charge is -2.25. The van der Waals surface area contributed by atoms with Crippen molar-refractivity contribution in [1.29, 1.82) is 0 Å². The molecule has 2 rings (SSSR count). The summed E-state index contributed by atoms with van der Waals surface area (Å²) in [6.07, 6.45) is -4.22. The lowest BCUT2D eigenvalue weighted by molar-refractivity contribution is -0.274. The summed E-state index contributed by atoms with van der Waals surface area (Å²) in [7, 11) is 0. The van der Waals surface area contributed by atoms with E-state index >= 15 is 0 Å². The summed E-state index contributed by atoms with van der Waals surface area (Å²) in [5, 5.41) is 0. The van der Waals surface area contributed by atoms with Crippen molar-refractivity contribution in [3.63, 3.8) is 0 Å². The SMILES string of the molecule is CCOC(=O)C1=CNNC(c2ccc(OC(F)(F)F)cc2)O1. The third-order valence-corrected chi connectivity index (χ3v) is 2.56. The van der Waals surface area contributed by atoms with Crippen LogP contribution in [0.2, 0.25) is 0 Å². The number of esters is 1. The molecule has 22 heavy (non-hydrogen) atoms. The highest BCUT2D eigenvalue weighted by molar-refractivity contribution is 5.86. The van der Waals surface area contributed by atoms with Crippen molar-refractivity contribution in [1.82, 2.24) is 10.9 Å². The number of carbonyl (C=O) groups excluding carboxylic acids is 1. The summed E-state index contributed by atoms with van der Waals surface area (Å²) in [5.74, 6) is -1.03. The number of rotatable bonds is 4. The molecule has 0 aromatic heterocycles. The first kappa shape index (κ1) is 16.0. The molecule has 2 N–H and O–H groups in total. The van der Waals surface area contributed by atoms with Gasteiger partial charge in [-0.3, -0.25) is 0 Å². The molecule has 0 spiro atoms. The molecule has 1 aromatic carbocycles. The molecular weight excluding hydrogens is 305 g/mol. The van der Waals surface area contributed by atoms with Crippen LogP contribution in [0.15, 0.2) is 36.2 Å². The van der Waals surface area contributed by atoms with Gasteiger partial charge in [-0.2, -0.15) is 5.43 Å². The van der Waals surface area contributed by atoms with Gasteiger partial charge in [-0.05, 0) is 19.1 Å². The molecule has 1 aliphatic rings. The van der Waals surface area contributed by atoms with E-state index in [2.05, 4.69) is 15.6 Å². The second kappa shape index (κ2) is 6.56. The Hall–Kier alpha value is -2.42. The van der Waals surface area contributed by atoms with E-state index in [0.29, 0.717) is 5.56 Å². The minimum atomic E-state index is -4.75. The predicted octanol–water partition coefficient (Wildman–Crippen LogP) is 2.11. The van der Waals surface area contributed by atoms with E-state index in [1.165, 1.54) is 18.3 Å². The number of nitrogens with one attached hydrogen (secondary N) is 2. The van der Waals surface area contributed by atoms with Crippen molar-refractivity contribution in [3.8, 4) is 5.75 Å². The average Bonchev–Trinajstić information content (AvgIpc) is 2.47. The lowest BCUT2D eigenvalue weighted by Crippen LogP contribution is -2.38. The number of halogens is 3. The van der Waals surface area contributed by atoms with Crippen LogP contribution in [0.1, 0.15) is 18.7 Å². The molecule has 0 aliphatic carbocycles. The molecule has 0 amide bonds. The van der Waals surface area contributed by atoms with Gasteiger partial charge in [-0.15, -0.1) is 13.2 Å². The van der Waals surface area contributed by atoms with Crippen LogP contribution in [0.25, 0.3) is 0 Å². The molecular formula is C13H13F3N2O4. The lowest BCUT2D eigenvalue weighted by atomic mass is 10.2. The summed E-state index contributed by atoms with van der Waals surface area (Å²) in [6.45, 7) is 1.85. The molecule has 9 heteroatoms. The highest BCUT2D eigenvalue weighted by Crippen LogP contribution is 2.26. The first-order chi connectivity index (χ1) is 10.4. The second-order valence-corrected chi connectivity index (χ2v) is 4.13. The van der Waals surface area contributed by atoms with E-state index in [4.69, 9.17) is 9.47 Å². The topological polar surface area (TPSA) is 68.8 Å². The number of carbonyl (C=O) groups is 1. The Bertz CT molecular complexity index is 557. The molecule has 1 aromatic rings. The van der Waals surface area contributed by atoms with E-state index in [0.717, 1.165) is 12.1 Å². The minimum absolute atomic E-state index is 0.0405. The van der Waals surface area contributed by atoms with Crippen LogP contribution in [-0.2, 0) is 14.3 Å². The van der Waals surface area contributed by atoms with Gasteiger partial charge in [0, 0.05) is 5.56 Å². The number of hydrogen-bond acceptors (Lipinski definition) is 6. The van der Waals surface area contributed by atoms with Crippen molar-refractivity contribution >= 4 is 5.97 Å². The summed E-state index contributed by atoms with van der Waals surface area (Å²) in [4.78, 5) is 11.6. The average molecular weight is 318 g/mol. The van der Waals surface area contributed by atoms with Crippen molar-refractivity contribution in [3.05, 3.63) is 41.8 Å². The summed E-state index contributed by atoms with van der Waals surface area (Å²) in [6, 6.07) is 5.06. The first-order valence-electron chi connectivity index (χ1n) is 6.30. The van der Waals surface area contributed by atoms with E-state index in [9.17, 15) is 18.0 Å². The smallest absolute Gasteiger partial charge is 0.460 e. The fourth-order valence-electron chi connectivity index (χ4n) is 1.68. The molecule has 1 aliphatic heterocycles. The normalized spacial score (nSPS) is 17.8. The van der Waals surface area contributed by atoms with Crippen LogP contribution in [0, 0.1) is 0 Å². The Morgan fingerprint density at radius 1 is 1.32 bits per heavy atom. The maximum absolute atomic E-state index is 12.1. The zero-order valence-corrected chi connectivity index (χ0v) is 11.4. The largest absolute Gasteiger partial charge is 0.573 e. The van der Waals surface area contributed by atoms with E-state index in [1.54, 1.807) is 6.92 Å². The van der Waals surface area contributed by atoms with Crippen LogP contribution in [0.4, 0.5) is 13.2 Å². The van der Waals surface area contributed by atoms with Gasteiger partial charge in [-0.25, -0.2) is 4.79 Å². The Labute approximate surface area is 123 Å².